The van der Waals surface area contributed by atoms with Gasteiger partial charge in [-0.15, -0.1) is 0 Å². The van der Waals surface area contributed by atoms with Gasteiger partial charge in [-0.3, -0.25) is 0 Å². The maximum absolute atomic E-state index is 13.2. The highest BCUT2D eigenvalue weighted by Gasteiger charge is 2.14. The van der Waals surface area contributed by atoms with Crippen molar-refractivity contribution in [3.8, 4) is 0 Å². The van der Waals surface area contributed by atoms with Crippen LogP contribution in [0.5, 0.6) is 0 Å². The van der Waals surface area contributed by atoms with Crippen LogP contribution in [0.15, 0.2) is 45.5 Å². The van der Waals surface area contributed by atoms with Crippen molar-refractivity contribution < 1.29 is 8.81 Å². The van der Waals surface area contributed by atoms with Gasteiger partial charge in [-0.2, -0.15) is 0 Å². The van der Waals surface area contributed by atoms with E-state index in [1.165, 1.54) is 6.07 Å². The molecule has 1 heterocycles. The summed E-state index contributed by atoms with van der Waals surface area (Å²) in [6, 6.07) is 9.08. The number of nitrogens with one attached hydrogen (secondary N) is 1. The zero-order chi connectivity index (χ0) is 13.7. The Bertz CT molecular complexity index is 513. The van der Waals surface area contributed by atoms with Crippen LogP contribution in [-0.4, -0.2) is 6.54 Å². The largest absolute Gasteiger partial charge is 0.468 e. The third kappa shape index (κ3) is 3.91. The van der Waals surface area contributed by atoms with Crippen LogP contribution in [0.25, 0.3) is 0 Å². The molecule has 0 aliphatic heterocycles. The van der Waals surface area contributed by atoms with Crippen molar-refractivity contribution in [3.63, 3.8) is 0 Å². The predicted molar refractivity (Wildman–Crippen MR) is 77.5 cm³/mol. The van der Waals surface area contributed by atoms with E-state index in [0.29, 0.717) is 4.47 Å². The van der Waals surface area contributed by atoms with Gasteiger partial charge in [0.2, 0.25) is 0 Å². The lowest BCUT2D eigenvalue weighted by atomic mass is 10.0. The first kappa shape index (κ1) is 14.3. The van der Waals surface area contributed by atoms with Gasteiger partial charge in [0, 0.05) is 0 Å². The van der Waals surface area contributed by atoms with E-state index in [1.807, 2.05) is 24.3 Å². The number of benzene rings is 1. The summed E-state index contributed by atoms with van der Waals surface area (Å²) in [5.41, 5.74) is 1.07. The van der Waals surface area contributed by atoms with E-state index in [4.69, 9.17) is 4.42 Å². The molecule has 1 N–H and O–H groups in total. The van der Waals surface area contributed by atoms with Gasteiger partial charge in [0.05, 0.1) is 16.8 Å². The minimum Gasteiger partial charge on any atom is -0.468 e. The molecular formula is C15H17BrFNO. The van der Waals surface area contributed by atoms with Crippen molar-refractivity contribution in [2.24, 2.45) is 0 Å². The molecule has 0 spiro atoms. The third-order valence-electron chi connectivity index (χ3n) is 2.95. The average molecular weight is 326 g/mol. The van der Waals surface area contributed by atoms with Gasteiger partial charge in [0.1, 0.15) is 11.6 Å². The predicted octanol–water partition coefficient (Wildman–Crippen LogP) is 4.46. The molecule has 1 atom stereocenters. The molecule has 0 saturated heterocycles. The van der Waals surface area contributed by atoms with E-state index < -0.39 is 0 Å². The van der Waals surface area contributed by atoms with Gasteiger partial charge >= 0.3 is 0 Å². The molecule has 1 unspecified atom stereocenters. The first-order chi connectivity index (χ1) is 9.20. The topological polar surface area (TPSA) is 25.2 Å². The zero-order valence-corrected chi connectivity index (χ0v) is 12.4. The van der Waals surface area contributed by atoms with Crippen molar-refractivity contribution >= 4 is 15.9 Å². The first-order valence-electron chi connectivity index (χ1n) is 6.41. The molecule has 102 valence electrons. The molecule has 0 aliphatic carbocycles. The van der Waals surface area contributed by atoms with Crippen molar-refractivity contribution in [1.29, 1.82) is 0 Å². The lowest BCUT2D eigenvalue weighted by molar-refractivity contribution is 0.410. The highest BCUT2D eigenvalue weighted by atomic mass is 79.9. The molecule has 2 rings (SSSR count). The Morgan fingerprint density at radius 2 is 2.21 bits per heavy atom. The summed E-state index contributed by atoms with van der Waals surface area (Å²) < 4.78 is 19.2. The van der Waals surface area contributed by atoms with E-state index in [2.05, 4.69) is 28.2 Å². The molecule has 2 nitrogen and oxygen atoms in total. The summed E-state index contributed by atoms with van der Waals surface area (Å²) in [4.78, 5) is 0. The molecule has 0 fully saturated rings. The smallest absolute Gasteiger partial charge is 0.137 e. The van der Waals surface area contributed by atoms with Gasteiger partial charge in [-0.1, -0.05) is 13.0 Å². The Morgan fingerprint density at radius 1 is 1.37 bits per heavy atom. The summed E-state index contributed by atoms with van der Waals surface area (Å²) in [6.45, 7) is 3.05. The molecule has 0 saturated carbocycles. The fourth-order valence-electron chi connectivity index (χ4n) is 1.98. The Kier molecular flexibility index (Phi) is 5.16. The first-order valence-corrected chi connectivity index (χ1v) is 7.20. The van der Waals surface area contributed by atoms with E-state index in [0.717, 1.165) is 30.7 Å². The van der Waals surface area contributed by atoms with Gasteiger partial charge in [0.25, 0.3) is 0 Å². The maximum Gasteiger partial charge on any atom is 0.137 e. The van der Waals surface area contributed by atoms with Crippen LogP contribution < -0.4 is 5.32 Å². The van der Waals surface area contributed by atoms with Gasteiger partial charge in [0.15, 0.2) is 0 Å². The number of hydrogen-bond donors (Lipinski definition) is 1. The minimum atomic E-state index is -0.236. The van der Waals surface area contributed by atoms with Crippen molar-refractivity contribution in [2.45, 2.75) is 25.8 Å². The standard InChI is InChI=1S/C15H17BrFNO/c1-2-7-18-14(15-4-3-8-19-15)10-11-5-6-13(17)12(16)9-11/h3-6,8-9,14,18H,2,7,10H2,1H3. The lowest BCUT2D eigenvalue weighted by Crippen LogP contribution is -2.23. The summed E-state index contributed by atoms with van der Waals surface area (Å²) in [6.07, 6.45) is 3.51. The Balaban J connectivity index is 2.13. The van der Waals surface area contributed by atoms with Crippen LogP contribution >= 0.6 is 15.9 Å². The normalized spacial score (nSPS) is 12.6. The molecule has 4 heteroatoms. The van der Waals surface area contributed by atoms with Crippen LogP contribution in [0, 0.1) is 5.82 Å². The molecule has 0 aliphatic rings. The number of halogens is 2. The van der Waals surface area contributed by atoms with Gasteiger partial charge in [-0.25, -0.2) is 4.39 Å². The quantitative estimate of drug-likeness (QED) is 0.847. The second-order valence-corrected chi connectivity index (χ2v) is 5.33. The summed E-state index contributed by atoms with van der Waals surface area (Å²) in [7, 11) is 0. The zero-order valence-electron chi connectivity index (χ0n) is 10.8. The summed E-state index contributed by atoms with van der Waals surface area (Å²) in [5, 5.41) is 3.45. The third-order valence-corrected chi connectivity index (χ3v) is 3.56. The molecule has 0 radical (unpaired) electrons. The molecule has 19 heavy (non-hydrogen) atoms. The Morgan fingerprint density at radius 3 is 2.84 bits per heavy atom. The lowest BCUT2D eigenvalue weighted by Gasteiger charge is -2.16. The van der Waals surface area contributed by atoms with Crippen LogP contribution in [0.1, 0.15) is 30.7 Å². The fraction of sp³-hybridized carbons (Fsp3) is 0.333. The van der Waals surface area contributed by atoms with Crippen LogP contribution in [0.2, 0.25) is 0 Å². The second-order valence-electron chi connectivity index (χ2n) is 4.47. The Hall–Kier alpha value is -1.13. The van der Waals surface area contributed by atoms with Gasteiger partial charge < -0.3 is 9.73 Å². The van der Waals surface area contributed by atoms with Crippen LogP contribution in [0.3, 0.4) is 0 Å². The van der Waals surface area contributed by atoms with E-state index >= 15 is 0 Å². The highest BCUT2D eigenvalue weighted by Crippen LogP contribution is 2.22. The molecular weight excluding hydrogens is 309 g/mol. The molecule has 0 bridgehead atoms. The van der Waals surface area contributed by atoms with E-state index in [-0.39, 0.29) is 11.9 Å². The maximum atomic E-state index is 13.2. The average Bonchev–Trinajstić information content (AvgIpc) is 2.92. The second kappa shape index (κ2) is 6.87. The minimum absolute atomic E-state index is 0.118. The van der Waals surface area contributed by atoms with Crippen molar-refractivity contribution in [2.75, 3.05) is 6.54 Å². The summed E-state index contributed by atoms with van der Waals surface area (Å²) in [5.74, 6) is 0.675. The molecule has 1 aromatic carbocycles. The van der Waals surface area contributed by atoms with Gasteiger partial charge in [-0.05, 0) is 65.1 Å². The molecule has 2 aromatic rings. The summed E-state index contributed by atoms with van der Waals surface area (Å²) >= 11 is 3.22. The van der Waals surface area contributed by atoms with Crippen LogP contribution in [-0.2, 0) is 6.42 Å². The monoisotopic (exact) mass is 325 g/mol. The fourth-order valence-corrected chi connectivity index (χ4v) is 2.41. The Labute approximate surface area is 121 Å². The van der Waals surface area contributed by atoms with Crippen molar-refractivity contribution in [1.82, 2.24) is 5.32 Å². The van der Waals surface area contributed by atoms with Crippen molar-refractivity contribution in [3.05, 3.63) is 58.2 Å². The van der Waals surface area contributed by atoms with Crippen LogP contribution in [0.4, 0.5) is 4.39 Å². The molecule has 1 aromatic heterocycles. The highest BCUT2D eigenvalue weighted by molar-refractivity contribution is 9.10. The SMILES string of the molecule is CCCNC(Cc1ccc(F)c(Br)c1)c1ccco1. The van der Waals surface area contributed by atoms with E-state index in [1.54, 1.807) is 6.26 Å². The number of furan rings is 1. The number of hydrogen-bond acceptors (Lipinski definition) is 2. The number of rotatable bonds is 6. The van der Waals surface area contributed by atoms with E-state index in [9.17, 15) is 4.39 Å². The molecule has 0 amide bonds.